The largest absolute Gasteiger partial charge is 0.369 e. The van der Waals surface area contributed by atoms with Crippen molar-refractivity contribution >= 4 is 5.91 Å². The normalized spacial score (nSPS) is 21.5. The van der Waals surface area contributed by atoms with Crippen molar-refractivity contribution in [3.63, 3.8) is 0 Å². The lowest BCUT2D eigenvalue weighted by atomic mass is 9.85. The second-order valence-electron chi connectivity index (χ2n) is 4.72. The van der Waals surface area contributed by atoms with Crippen LogP contribution in [0.2, 0.25) is 0 Å². The Kier molecular flexibility index (Phi) is 5.09. The molecule has 1 saturated heterocycles. The van der Waals surface area contributed by atoms with Crippen molar-refractivity contribution < 1.29 is 4.79 Å². The SMILES string of the molecule is CCCCN1CCC(C(C)C(N)=O)CC1. The van der Waals surface area contributed by atoms with E-state index in [0.29, 0.717) is 5.92 Å². The summed E-state index contributed by atoms with van der Waals surface area (Å²) in [4.78, 5) is 13.6. The van der Waals surface area contributed by atoms with Crippen molar-refractivity contribution in [2.45, 2.75) is 39.5 Å². The van der Waals surface area contributed by atoms with Gasteiger partial charge in [-0.15, -0.1) is 0 Å². The van der Waals surface area contributed by atoms with Gasteiger partial charge in [0.1, 0.15) is 0 Å². The monoisotopic (exact) mass is 212 g/mol. The Hall–Kier alpha value is -0.570. The molecule has 2 N–H and O–H groups in total. The van der Waals surface area contributed by atoms with Gasteiger partial charge in [0.15, 0.2) is 0 Å². The summed E-state index contributed by atoms with van der Waals surface area (Å²) in [6.07, 6.45) is 4.81. The van der Waals surface area contributed by atoms with E-state index in [4.69, 9.17) is 5.73 Å². The average molecular weight is 212 g/mol. The second-order valence-corrected chi connectivity index (χ2v) is 4.72. The summed E-state index contributed by atoms with van der Waals surface area (Å²) in [5, 5.41) is 0. The van der Waals surface area contributed by atoms with Crippen molar-refractivity contribution in [3.05, 3.63) is 0 Å². The molecule has 0 aromatic heterocycles. The summed E-state index contributed by atoms with van der Waals surface area (Å²) in [7, 11) is 0. The van der Waals surface area contributed by atoms with E-state index in [-0.39, 0.29) is 11.8 Å². The maximum Gasteiger partial charge on any atom is 0.220 e. The molecule has 0 saturated carbocycles. The molecule has 1 heterocycles. The zero-order valence-corrected chi connectivity index (χ0v) is 10.0. The number of likely N-dealkylation sites (tertiary alicyclic amines) is 1. The predicted molar refractivity (Wildman–Crippen MR) is 62.4 cm³/mol. The van der Waals surface area contributed by atoms with Crippen molar-refractivity contribution in [1.29, 1.82) is 0 Å². The molecule has 88 valence electrons. The number of carbonyl (C=O) groups is 1. The highest BCUT2D eigenvalue weighted by molar-refractivity contribution is 5.76. The second kappa shape index (κ2) is 6.11. The lowest BCUT2D eigenvalue weighted by Crippen LogP contribution is -2.39. The number of primary amides is 1. The minimum atomic E-state index is -0.137. The van der Waals surface area contributed by atoms with Crippen LogP contribution in [0.3, 0.4) is 0 Å². The number of hydrogen-bond acceptors (Lipinski definition) is 2. The van der Waals surface area contributed by atoms with Crippen LogP contribution in [0, 0.1) is 11.8 Å². The van der Waals surface area contributed by atoms with Gasteiger partial charge in [-0.2, -0.15) is 0 Å². The zero-order valence-electron chi connectivity index (χ0n) is 10.0. The van der Waals surface area contributed by atoms with E-state index >= 15 is 0 Å². The van der Waals surface area contributed by atoms with Gasteiger partial charge in [0, 0.05) is 5.92 Å². The summed E-state index contributed by atoms with van der Waals surface area (Å²) < 4.78 is 0. The number of hydrogen-bond donors (Lipinski definition) is 1. The molecule has 0 aromatic rings. The van der Waals surface area contributed by atoms with Crippen LogP contribution in [0.5, 0.6) is 0 Å². The van der Waals surface area contributed by atoms with Gasteiger partial charge in [-0.25, -0.2) is 0 Å². The molecule has 1 amide bonds. The summed E-state index contributed by atoms with van der Waals surface area (Å²) in [5.41, 5.74) is 5.33. The third-order valence-electron chi connectivity index (χ3n) is 3.62. The van der Waals surface area contributed by atoms with Crippen molar-refractivity contribution in [3.8, 4) is 0 Å². The van der Waals surface area contributed by atoms with Gasteiger partial charge in [0.25, 0.3) is 0 Å². The highest BCUT2D eigenvalue weighted by Gasteiger charge is 2.26. The molecule has 0 aliphatic carbocycles. The molecule has 0 spiro atoms. The van der Waals surface area contributed by atoms with E-state index in [1.165, 1.54) is 19.4 Å². The number of amides is 1. The van der Waals surface area contributed by atoms with Crippen LogP contribution in [0.4, 0.5) is 0 Å². The fourth-order valence-corrected chi connectivity index (χ4v) is 2.29. The molecule has 3 heteroatoms. The van der Waals surface area contributed by atoms with E-state index in [0.717, 1.165) is 25.9 Å². The van der Waals surface area contributed by atoms with Gasteiger partial charge in [0.05, 0.1) is 0 Å². The minimum Gasteiger partial charge on any atom is -0.369 e. The van der Waals surface area contributed by atoms with Gasteiger partial charge in [0.2, 0.25) is 5.91 Å². The molecule has 1 atom stereocenters. The number of nitrogens with zero attached hydrogens (tertiary/aromatic N) is 1. The van der Waals surface area contributed by atoms with Gasteiger partial charge in [-0.05, 0) is 44.8 Å². The Morgan fingerprint density at radius 3 is 2.53 bits per heavy atom. The fraction of sp³-hybridized carbons (Fsp3) is 0.917. The lowest BCUT2D eigenvalue weighted by molar-refractivity contribution is -0.123. The van der Waals surface area contributed by atoms with Crippen molar-refractivity contribution in [1.82, 2.24) is 4.90 Å². The first-order valence-electron chi connectivity index (χ1n) is 6.16. The average Bonchev–Trinajstić information content (AvgIpc) is 2.26. The highest BCUT2D eigenvalue weighted by Crippen LogP contribution is 2.24. The van der Waals surface area contributed by atoms with E-state index in [9.17, 15) is 4.79 Å². The molecule has 1 unspecified atom stereocenters. The van der Waals surface area contributed by atoms with Crippen LogP contribution >= 0.6 is 0 Å². The summed E-state index contributed by atoms with van der Waals surface area (Å²) >= 11 is 0. The van der Waals surface area contributed by atoms with E-state index in [2.05, 4.69) is 11.8 Å². The number of rotatable bonds is 5. The highest BCUT2D eigenvalue weighted by atomic mass is 16.1. The third kappa shape index (κ3) is 3.82. The maximum absolute atomic E-state index is 11.1. The molecule has 1 aliphatic rings. The van der Waals surface area contributed by atoms with Crippen LogP contribution in [0.1, 0.15) is 39.5 Å². The molecule has 1 aliphatic heterocycles. The Balaban J connectivity index is 2.26. The smallest absolute Gasteiger partial charge is 0.220 e. The van der Waals surface area contributed by atoms with Crippen LogP contribution in [-0.4, -0.2) is 30.4 Å². The Morgan fingerprint density at radius 1 is 1.47 bits per heavy atom. The molecule has 15 heavy (non-hydrogen) atoms. The first kappa shape index (κ1) is 12.5. The standard InChI is InChI=1S/C12H24N2O/c1-3-4-7-14-8-5-11(6-9-14)10(2)12(13)15/h10-11H,3-9H2,1-2H3,(H2,13,15). The zero-order chi connectivity index (χ0) is 11.3. The topological polar surface area (TPSA) is 46.3 Å². The number of piperidine rings is 1. The molecule has 0 radical (unpaired) electrons. The van der Waals surface area contributed by atoms with E-state index in [1.807, 2.05) is 6.92 Å². The summed E-state index contributed by atoms with van der Waals surface area (Å²) in [5.74, 6) is 0.431. The molecular weight excluding hydrogens is 188 g/mol. The van der Waals surface area contributed by atoms with Crippen molar-refractivity contribution in [2.24, 2.45) is 17.6 Å². The number of nitrogens with two attached hydrogens (primary N) is 1. The molecule has 0 bridgehead atoms. The third-order valence-corrected chi connectivity index (χ3v) is 3.62. The first-order valence-corrected chi connectivity index (χ1v) is 6.16. The van der Waals surface area contributed by atoms with Gasteiger partial charge >= 0.3 is 0 Å². The van der Waals surface area contributed by atoms with Gasteiger partial charge in [-0.3, -0.25) is 4.79 Å². The van der Waals surface area contributed by atoms with E-state index < -0.39 is 0 Å². The molecule has 1 rings (SSSR count). The van der Waals surface area contributed by atoms with Crippen LogP contribution in [0.25, 0.3) is 0 Å². The Bertz CT molecular complexity index is 198. The molecule has 0 aromatic carbocycles. The molecular formula is C12H24N2O. The number of carbonyl (C=O) groups excluding carboxylic acids is 1. The Morgan fingerprint density at radius 2 is 2.07 bits per heavy atom. The maximum atomic E-state index is 11.1. The summed E-state index contributed by atoms with van der Waals surface area (Å²) in [6, 6.07) is 0. The number of unbranched alkanes of at least 4 members (excludes halogenated alkanes) is 1. The van der Waals surface area contributed by atoms with Crippen LogP contribution in [-0.2, 0) is 4.79 Å². The Labute approximate surface area is 93.0 Å². The summed E-state index contributed by atoms with van der Waals surface area (Å²) in [6.45, 7) is 7.69. The van der Waals surface area contributed by atoms with Gasteiger partial charge in [-0.1, -0.05) is 20.3 Å². The molecule has 1 fully saturated rings. The predicted octanol–water partition coefficient (Wildman–Crippen LogP) is 1.62. The van der Waals surface area contributed by atoms with E-state index in [1.54, 1.807) is 0 Å². The van der Waals surface area contributed by atoms with Crippen molar-refractivity contribution in [2.75, 3.05) is 19.6 Å². The minimum absolute atomic E-state index is 0.0540. The van der Waals surface area contributed by atoms with Crippen LogP contribution in [0.15, 0.2) is 0 Å². The first-order chi connectivity index (χ1) is 7.15. The van der Waals surface area contributed by atoms with Gasteiger partial charge < -0.3 is 10.6 Å². The van der Waals surface area contributed by atoms with Crippen LogP contribution < -0.4 is 5.73 Å². The molecule has 3 nitrogen and oxygen atoms in total. The quantitative estimate of drug-likeness (QED) is 0.752. The lowest BCUT2D eigenvalue weighted by Gasteiger charge is -2.33. The fourth-order valence-electron chi connectivity index (χ4n) is 2.29.